The molecule has 0 saturated heterocycles. The second-order valence-electron chi connectivity index (χ2n) is 22.8. The topological polar surface area (TPSA) is 36.9 Å². The van der Waals surface area contributed by atoms with Gasteiger partial charge in [-0.15, -0.1) is 0 Å². The van der Waals surface area contributed by atoms with E-state index in [1.807, 2.05) is 0 Å². The molecule has 5 heteroatoms. The largest absolute Gasteiger partial charge is 0.679 e. The molecule has 0 spiro atoms. The van der Waals surface area contributed by atoms with Gasteiger partial charge in [0.05, 0.1) is 0 Å². The van der Waals surface area contributed by atoms with Gasteiger partial charge in [-0.2, -0.15) is 0 Å². The first-order valence-electron chi connectivity index (χ1n) is 32.5. The van der Waals surface area contributed by atoms with E-state index in [1.165, 1.54) is 308 Å². The van der Waals surface area contributed by atoms with Crippen molar-refractivity contribution in [3.05, 3.63) is 0 Å². The van der Waals surface area contributed by atoms with Gasteiger partial charge in [0.25, 0.3) is 0 Å². The van der Waals surface area contributed by atoms with Gasteiger partial charge in [-0.3, -0.25) is 0 Å². The maximum atomic E-state index is 7.51. The molecule has 4 nitrogen and oxygen atoms in total. The van der Waals surface area contributed by atoms with E-state index < -0.39 is 9.05 Å². The zero-order valence-electron chi connectivity index (χ0n) is 49.2. The lowest BCUT2D eigenvalue weighted by Gasteiger charge is -2.34. The van der Waals surface area contributed by atoms with Crippen LogP contribution in [0.15, 0.2) is 0 Å². The lowest BCUT2D eigenvalue weighted by Crippen LogP contribution is -2.52. The molecule has 0 heterocycles. The normalized spacial score (nSPS) is 14.6. The fourth-order valence-corrected chi connectivity index (χ4v) is 12.9. The molecule has 0 aliphatic rings. The quantitative estimate of drug-likeness (QED) is 0.0449. The Kier molecular flexibility index (Phi) is 55.8. The monoisotopic (exact) mass is 993 g/mol. The van der Waals surface area contributed by atoms with E-state index >= 15 is 0 Å². The maximum Gasteiger partial charge on any atom is 0.679 e. The zero-order chi connectivity index (χ0) is 50.4. The molecule has 0 bridgehead atoms. The first-order chi connectivity index (χ1) is 34.0. The average Bonchev–Trinajstić information content (AvgIpc) is 3.36. The zero-order valence-corrected chi connectivity index (χ0v) is 50.2. The Morgan fingerprint density at radius 1 is 0.188 bits per heavy atom. The summed E-state index contributed by atoms with van der Waals surface area (Å²) in [5.74, 6) is 2.18. The van der Waals surface area contributed by atoms with Crippen molar-refractivity contribution in [3.8, 4) is 0 Å². The SMILES string of the molecule is CCCCCCCCC(CCCCCC)CO[Si](OCC(CCCCCC)CCCCCCCC)(OCC(CCCCCC)CCCCCCCC)OCC(CCCCCC)CCCCCCCC. The summed E-state index contributed by atoms with van der Waals surface area (Å²) in [6.07, 6.45) is 63.7. The van der Waals surface area contributed by atoms with Gasteiger partial charge < -0.3 is 17.7 Å². The van der Waals surface area contributed by atoms with Crippen LogP contribution in [-0.2, 0) is 17.7 Å². The molecule has 0 aromatic rings. The number of hydrogen-bond donors (Lipinski definition) is 0. The van der Waals surface area contributed by atoms with Crippen LogP contribution in [0.2, 0.25) is 0 Å². The van der Waals surface area contributed by atoms with Gasteiger partial charge in [-0.05, 0) is 75.0 Å². The molecular weight excluding hydrogens is 861 g/mol. The van der Waals surface area contributed by atoms with Crippen molar-refractivity contribution in [1.82, 2.24) is 0 Å². The molecule has 4 unspecified atom stereocenters. The molecule has 416 valence electrons. The Morgan fingerprint density at radius 2 is 0.319 bits per heavy atom. The van der Waals surface area contributed by atoms with Crippen LogP contribution < -0.4 is 0 Å². The summed E-state index contributed by atoms with van der Waals surface area (Å²) in [5, 5.41) is 0. The Balaban J connectivity index is 7.04. The van der Waals surface area contributed by atoms with Crippen LogP contribution in [0.3, 0.4) is 0 Å². The van der Waals surface area contributed by atoms with Crippen LogP contribution in [0.25, 0.3) is 0 Å². The highest BCUT2D eigenvalue weighted by atomic mass is 28.4. The van der Waals surface area contributed by atoms with Crippen molar-refractivity contribution >= 4 is 9.05 Å². The molecule has 0 rings (SSSR count). The summed E-state index contributed by atoms with van der Waals surface area (Å²) in [4.78, 5) is 0. The Labute approximate surface area is 438 Å². The van der Waals surface area contributed by atoms with Gasteiger partial charge in [-0.25, -0.2) is 0 Å². The van der Waals surface area contributed by atoms with Crippen molar-refractivity contribution in [2.75, 3.05) is 26.4 Å². The smallest absolute Gasteiger partial charge is 0.351 e. The van der Waals surface area contributed by atoms with Crippen molar-refractivity contribution in [2.45, 2.75) is 364 Å². The summed E-state index contributed by atoms with van der Waals surface area (Å²) in [5.41, 5.74) is 0. The van der Waals surface area contributed by atoms with Crippen LogP contribution in [0.4, 0.5) is 0 Å². The Morgan fingerprint density at radius 3 is 0.478 bits per heavy atom. The van der Waals surface area contributed by atoms with E-state index in [0.29, 0.717) is 23.7 Å². The van der Waals surface area contributed by atoms with E-state index in [1.54, 1.807) is 0 Å². The fraction of sp³-hybridized carbons (Fsp3) is 1.00. The second-order valence-corrected chi connectivity index (χ2v) is 25.0. The van der Waals surface area contributed by atoms with E-state index in [4.69, 9.17) is 17.7 Å². The molecule has 0 saturated carbocycles. The van der Waals surface area contributed by atoms with E-state index in [9.17, 15) is 0 Å². The summed E-state index contributed by atoms with van der Waals surface area (Å²) >= 11 is 0. The first-order valence-corrected chi connectivity index (χ1v) is 34.2. The average molecular weight is 994 g/mol. The minimum atomic E-state index is -3.52. The predicted octanol–water partition coefficient (Wildman–Crippen LogP) is 22.8. The molecule has 0 amide bonds. The number of hydrogen-bond acceptors (Lipinski definition) is 4. The summed E-state index contributed by atoms with van der Waals surface area (Å²) in [6, 6.07) is 0. The van der Waals surface area contributed by atoms with Gasteiger partial charge in [0.15, 0.2) is 0 Å². The number of rotatable bonds is 60. The molecule has 0 aliphatic carbocycles. The van der Waals surface area contributed by atoms with Gasteiger partial charge in [-0.1, -0.05) is 312 Å². The van der Waals surface area contributed by atoms with Crippen molar-refractivity contribution in [3.63, 3.8) is 0 Å². The van der Waals surface area contributed by atoms with Crippen LogP contribution in [0.1, 0.15) is 364 Å². The Bertz CT molecular complexity index is 797. The van der Waals surface area contributed by atoms with Crippen molar-refractivity contribution < 1.29 is 17.7 Å². The minimum Gasteiger partial charge on any atom is -0.351 e. The van der Waals surface area contributed by atoms with Crippen LogP contribution in [-0.4, -0.2) is 35.5 Å². The summed E-state index contributed by atoms with van der Waals surface area (Å²) in [7, 11) is -3.52. The van der Waals surface area contributed by atoms with Gasteiger partial charge in [0.2, 0.25) is 0 Å². The predicted molar refractivity (Wildman–Crippen MR) is 311 cm³/mol. The molecule has 0 aromatic carbocycles. The molecular formula is C64H132O4Si. The highest BCUT2D eigenvalue weighted by molar-refractivity contribution is 6.53. The summed E-state index contributed by atoms with van der Waals surface area (Å²) in [6.45, 7) is 21.7. The van der Waals surface area contributed by atoms with Crippen molar-refractivity contribution in [1.29, 1.82) is 0 Å². The first kappa shape index (κ1) is 69.1. The highest BCUT2D eigenvalue weighted by Gasteiger charge is 2.48. The van der Waals surface area contributed by atoms with E-state index in [2.05, 4.69) is 55.4 Å². The van der Waals surface area contributed by atoms with Gasteiger partial charge in [0, 0.05) is 26.4 Å². The number of unbranched alkanes of at least 4 members (excludes halogenated alkanes) is 32. The van der Waals surface area contributed by atoms with Crippen LogP contribution in [0, 0.1) is 23.7 Å². The molecule has 0 radical (unpaired) electrons. The molecule has 0 N–H and O–H groups in total. The maximum absolute atomic E-state index is 7.51. The second kappa shape index (κ2) is 55.8. The summed E-state index contributed by atoms with van der Waals surface area (Å²) < 4.78 is 30.0. The van der Waals surface area contributed by atoms with Crippen molar-refractivity contribution in [2.24, 2.45) is 23.7 Å². The van der Waals surface area contributed by atoms with Gasteiger partial charge in [0.1, 0.15) is 0 Å². The Hall–Kier alpha value is 0.0569. The third-order valence-electron chi connectivity index (χ3n) is 15.7. The molecule has 69 heavy (non-hydrogen) atoms. The van der Waals surface area contributed by atoms with E-state index in [-0.39, 0.29) is 0 Å². The van der Waals surface area contributed by atoms with Crippen LogP contribution >= 0.6 is 0 Å². The highest BCUT2D eigenvalue weighted by Crippen LogP contribution is 2.30. The van der Waals surface area contributed by atoms with Gasteiger partial charge >= 0.3 is 9.05 Å². The van der Waals surface area contributed by atoms with E-state index in [0.717, 1.165) is 26.4 Å². The third kappa shape index (κ3) is 46.3. The molecule has 4 atom stereocenters. The lowest BCUT2D eigenvalue weighted by molar-refractivity contribution is -0.0624. The molecule has 0 fully saturated rings. The van der Waals surface area contributed by atoms with Crippen LogP contribution in [0.5, 0.6) is 0 Å². The lowest BCUT2D eigenvalue weighted by atomic mass is 9.95. The minimum absolute atomic E-state index is 0.546. The molecule has 0 aromatic heterocycles. The molecule has 0 aliphatic heterocycles. The third-order valence-corrected chi connectivity index (χ3v) is 17.8. The standard InChI is InChI=1S/C64H132O4Si/c1-9-17-25-33-37-45-53-61(49-41-29-21-13-5)57-65-69(66-58-62(50-42-30-22-14-6)54-46-38-34-26-18-10-2,67-59-63(51-43-31-23-15-7)55-47-39-35-27-19-11-3)68-60-64(52-44-32-24-16-8)56-48-40-36-28-20-12-4/h61-64H,9-60H2,1-8H3. The fourth-order valence-electron chi connectivity index (χ4n) is 10.7.